The Hall–Kier alpha value is -2.33. The molecule has 2 aromatic carbocycles. The molecule has 0 N–H and O–H groups in total. The fourth-order valence-electron chi connectivity index (χ4n) is 3.46. The second kappa shape index (κ2) is 6.65. The molecular formula is C20H23N3O. The summed E-state index contributed by atoms with van der Waals surface area (Å²) in [6.45, 7) is 2.82. The van der Waals surface area contributed by atoms with E-state index in [4.69, 9.17) is 4.84 Å². The molecule has 0 radical (unpaired) electrons. The summed E-state index contributed by atoms with van der Waals surface area (Å²) in [4.78, 5) is 10.5. The smallest absolute Gasteiger partial charge is 0.199 e. The number of oxime groups is 1. The first-order chi connectivity index (χ1) is 11.8. The van der Waals surface area contributed by atoms with E-state index in [9.17, 15) is 0 Å². The van der Waals surface area contributed by atoms with E-state index >= 15 is 0 Å². The number of hydrogen-bond acceptors (Lipinski definition) is 4. The Bertz CT molecular complexity index is 729. The predicted molar refractivity (Wildman–Crippen MR) is 95.6 cm³/mol. The third-order valence-corrected chi connectivity index (χ3v) is 4.92. The monoisotopic (exact) mass is 321 g/mol. The third kappa shape index (κ3) is 3.15. The van der Waals surface area contributed by atoms with Gasteiger partial charge in [-0.3, -0.25) is 4.90 Å². The number of rotatable bonds is 3. The zero-order chi connectivity index (χ0) is 16.4. The third-order valence-electron chi connectivity index (χ3n) is 4.92. The van der Waals surface area contributed by atoms with Crippen molar-refractivity contribution in [2.45, 2.75) is 25.6 Å². The van der Waals surface area contributed by atoms with Gasteiger partial charge in [0.2, 0.25) is 0 Å². The Morgan fingerprint density at radius 2 is 1.79 bits per heavy atom. The molecule has 2 aliphatic rings. The number of amidine groups is 1. The first-order valence-corrected chi connectivity index (χ1v) is 8.58. The Labute approximate surface area is 143 Å². The summed E-state index contributed by atoms with van der Waals surface area (Å²) < 4.78 is 0. The van der Waals surface area contributed by atoms with Crippen LogP contribution in [-0.4, -0.2) is 42.0 Å². The van der Waals surface area contributed by atoms with Gasteiger partial charge in [0.25, 0.3) is 0 Å². The molecule has 0 spiro atoms. The number of benzene rings is 2. The van der Waals surface area contributed by atoms with Crippen LogP contribution in [0.4, 0.5) is 0 Å². The van der Waals surface area contributed by atoms with Crippen molar-refractivity contribution in [1.29, 1.82) is 0 Å². The van der Waals surface area contributed by atoms with Gasteiger partial charge in [0, 0.05) is 26.6 Å². The fourth-order valence-corrected chi connectivity index (χ4v) is 3.46. The highest BCUT2D eigenvalue weighted by Crippen LogP contribution is 2.22. The van der Waals surface area contributed by atoms with Gasteiger partial charge in [0.05, 0.1) is 6.54 Å². The van der Waals surface area contributed by atoms with Gasteiger partial charge in [-0.05, 0) is 23.1 Å². The summed E-state index contributed by atoms with van der Waals surface area (Å²) in [5, 5.41) is 4.42. The van der Waals surface area contributed by atoms with Crippen molar-refractivity contribution in [3.63, 3.8) is 0 Å². The second-order valence-corrected chi connectivity index (χ2v) is 6.60. The molecular weight excluding hydrogens is 298 g/mol. The van der Waals surface area contributed by atoms with Crippen LogP contribution >= 0.6 is 0 Å². The van der Waals surface area contributed by atoms with Crippen molar-refractivity contribution in [2.75, 3.05) is 20.1 Å². The zero-order valence-electron chi connectivity index (χ0n) is 14.1. The summed E-state index contributed by atoms with van der Waals surface area (Å²) in [5.41, 5.74) is 4.14. The van der Waals surface area contributed by atoms with Crippen LogP contribution in [-0.2, 0) is 24.2 Å². The highest BCUT2D eigenvalue weighted by Gasteiger charge is 2.29. The summed E-state index contributed by atoms with van der Waals surface area (Å²) in [7, 11) is 2.11. The molecule has 0 aromatic heterocycles. The molecule has 2 heterocycles. The lowest BCUT2D eigenvalue weighted by atomic mass is 10.00. The molecule has 0 bridgehead atoms. The average Bonchev–Trinajstić information content (AvgIpc) is 2.64. The van der Waals surface area contributed by atoms with E-state index in [1.54, 1.807) is 0 Å². The molecule has 0 fully saturated rings. The van der Waals surface area contributed by atoms with Crippen molar-refractivity contribution < 1.29 is 4.84 Å². The largest absolute Gasteiger partial charge is 0.373 e. The molecule has 2 aromatic rings. The van der Waals surface area contributed by atoms with Crippen molar-refractivity contribution >= 4 is 5.84 Å². The molecule has 0 amide bonds. The summed E-state index contributed by atoms with van der Waals surface area (Å²) >= 11 is 0. The summed E-state index contributed by atoms with van der Waals surface area (Å²) in [6.07, 6.45) is 1.93. The Balaban J connectivity index is 1.43. The van der Waals surface area contributed by atoms with Crippen LogP contribution in [0.25, 0.3) is 0 Å². The molecule has 0 saturated heterocycles. The van der Waals surface area contributed by atoms with E-state index in [0.717, 1.165) is 38.3 Å². The van der Waals surface area contributed by atoms with Crippen LogP contribution in [0, 0.1) is 0 Å². The quantitative estimate of drug-likeness (QED) is 0.870. The summed E-state index contributed by atoms with van der Waals surface area (Å²) in [5.74, 6) is 0.995. The number of nitrogens with zero attached hydrogens (tertiary/aromatic N) is 3. The number of hydrogen-bond donors (Lipinski definition) is 0. The fraction of sp³-hybridized carbons (Fsp3) is 0.350. The molecule has 1 atom stereocenters. The normalized spacial score (nSPS) is 21.0. The van der Waals surface area contributed by atoms with E-state index in [-0.39, 0.29) is 6.23 Å². The molecule has 4 heteroatoms. The second-order valence-electron chi connectivity index (χ2n) is 6.60. The predicted octanol–water partition coefficient (Wildman–Crippen LogP) is 2.89. The number of fused-ring (bicyclic) bond motifs is 1. The lowest BCUT2D eigenvalue weighted by molar-refractivity contribution is -0.0851. The van der Waals surface area contributed by atoms with Crippen molar-refractivity contribution in [1.82, 2.24) is 9.80 Å². The zero-order valence-corrected chi connectivity index (χ0v) is 14.1. The van der Waals surface area contributed by atoms with Crippen LogP contribution in [0.2, 0.25) is 0 Å². The van der Waals surface area contributed by atoms with E-state index in [1.807, 2.05) is 6.07 Å². The molecule has 4 nitrogen and oxygen atoms in total. The molecule has 0 saturated carbocycles. The molecule has 2 aliphatic heterocycles. The van der Waals surface area contributed by atoms with Crippen LogP contribution in [0.5, 0.6) is 0 Å². The van der Waals surface area contributed by atoms with Gasteiger partial charge in [-0.15, -0.1) is 0 Å². The first-order valence-electron chi connectivity index (χ1n) is 8.58. The van der Waals surface area contributed by atoms with Gasteiger partial charge < -0.3 is 9.74 Å². The molecule has 0 aliphatic carbocycles. The minimum atomic E-state index is 0.0304. The van der Waals surface area contributed by atoms with Crippen molar-refractivity contribution in [2.24, 2.45) is 5.16 Å². The maximum atomic E-state index is 5.86. The topological polar surface area (TPSA) is 28.1 Å². The van der Waals surface area contributed by atoms with Crippen LogP contribution in [0.15, 0.2) is 59.8 Å². The van der Waals surface area contributed by atoms with Crippen molar-refractivity contribution in [3.05, 3.63) is 71.3 Å². The first kappa shape index (κ1) is 15.2. The summed E-state index contributed by atoms with van der Waals surface area (Å²) in [6, 6.07) is 19.1. The van der Waals surface area contributed by atoms with Gasteiger partial charge >= 0.3 is 0 Å². The van der Waals surface area contributed by atoms with Gasteiger partial charge in [0.15, 0.2) is 6.23 Å². The SMILES string of the molecule is CN1CC(N2CCc3ccccc3C2)ON=C1Cc1ccccc1. The molecule has 24 heavy (non-hydrogen) atoms. The van der Waals surface area contributed by atoms with Gasteiger partial charge in [-0.1, -0.05) is 59.8 Å². The van der Waals surface area contributed by atoms with Crippen molar-refractivity contribution in [3.8, 4) is 0 Å². The van der Waals surface area contributed by atoms with Gasteiger partial charge in [-0.25, -0.2) is 0 Å². The molecule has 4 rings (SSSR count). The minimum absolute atomic E-state index is 0.0304. The Morgan fingerprint density at radius 3 is 2.58 bits per heavy atom. The van der Waals surface area contributed by atoms with E-state index in [1.165, 1.54) is 16.7 Å². The highest BCUT2D eigenvalue weighted by molar-refractivity contribution is 5.84. The molecule has 124 valence electrons. The van der Waals surface area contributed by atoms with Gasteiger partial charge in [0.1, 0.15) is 5.84 Å². The average molecular weight is 321 g/mol. The maximum absolute atomic E-state index is 5.86. The number of likely N-dealkylation sites (N-methyl/N-ethyl adjacent to an activating group) is 1. The van der Waals surface area contributed by atoms with Crippen LogP contribution < -0.4 is 0 Å². The van der Waals surface area contributed by atoms with Crippen LogP contribution in [0.3, 0.4) is 0 Å². The van der Waals surface area contributed by atoms with Crippen LogP contribution in [0.1, 0.15) is 16.7 Å². The highest BCUT2D eigenvalue weighted by atomic mass is 16.7. The Morgan fingerprint density at radius 1 is 1.04 bits per heavy atom. The van der Waals surface area contributed by atoms with E-state index < -0.39 is 0 Å². The maximum Gasteiger partial charge on any atom is 0.199 e. The minimum Gasteiger partial charge on any atom is -0.373 e. The Kier molecular flexibility index (Phi) is 4.22. The lowest BCUT2D eigenvalue weighted by Crippen LogP contribution is -2.50. The standard InChI is InChI=1S/C20H23N3O/c1-22-15-20(23-12-11-17-9-5-6-10-18(17)14-23)24-21-19(22)13-16-7-3-2-4-8-16/h2-10,20H,11-15H2,1H3. The van der Waals surface area contributed by atoms with Gasteiger partial charge in [-0.2, -0.15) is 0 Å². The van der Waals surface area contributed by atoms with E-state index in [2.05, 4.69) is 70.5 Å². The van der Waals surface area contributed by atoms with E-state index in [0.29, 0.717) is 0 Å². The lowest BCUT2D eigenvalue weighted by Gasteiger charge is -2.38. The molecule has 1 unspecified atom stereocenters.